The second kappa shape index (κ2) is 16.6. The molecule has 2 rings (SSSR count). The van der Waals surface area contributed by atoms with Crippen molar-refractivity contribution < 1.29 is 23.9 Å². The van der Waals surface area contributed by atoms with E-state index < -0.39 is 0 Å². The molecule has 2 aliphatic rings. The van der Waals surface area contributed by atoms with Crippen LogP contribution in [0.3, 0.4) is 0 Å². The van der Waals surface area contributed by atoms with Crippen LogP contribution in [0.1, 0.15) is 0 Å². The molecule has 0 atom stereocenters. The van der Waals surface area contributed by atoms with E-state index in [9.17, 15) is 0 Å². The molecule has 0 aliphatic carbocycles. The molecule has 7 heteroatoms. The molecule has 0 bridgehead atoms. The number of ether oxygens (including phenoxy) is 2. The van der Waals surface area contributed by atoms with Gasteiger partial charge in [-0.1, -0.05) is 0 Å². The van der Waals surface area contributed by atoms with E-state index in [1.165, 1.54) is 21.3 Å². The van der Waals surface area contributed by atoms with Gasteiger partial charge in [-0.2, -0.15) is 0 Å². The molecule has 0 amide bonds. The summed E-state index contributed by atoms with van der Waals surface area (Å²) in [5.41, 5.74) is 0. The van der Waals surface area contributed by atoms with E-state index in [0.29, 0.717) is 29.9 Å². The van der Waals surface area contributed by atoms with Crippen LogP contribution < -0.4 is 0 Å². The van der Waals surface area contributed by atoms with Gasteiger partial charge in [0, 0.05) is 0 Å². The number of hydrogen-bond donors (Lipinski definition) is 0. The molecule has 98 valence electrons. The molecule has 0 aromatic rings. The summed E-state index contributed by atoms with van der Waals surface area (Å²) in [4.78, 5) is 0. The van der Waals surface area contributed by atoms with Crippen LogP contribution in [0.5, 0.6) is 0 Å². The molecule has 0 unspecified atom stereocenters. The van der Waals surface area contributed by atoms with Gasteiger partial charge in [-0.05, 0) is 0 Å². The Bertz CT molecular complexity index is 81.8. The Morgan fingerprint density at radius 1 is 0.733 bits per heavy atom. The second-order valence-electron chi connectivity index (χ2n) is 2.61. The second-order valence-corrected chi connectivity index (χ2v) is 18.2. The monoisotopic (exact) mass is 659 g/mol. The zero-order valence-electron chi connectivity index (χ0n) is 8.44. The fourth-order valence-electron chi connectivity index (χ4n) is 0.944. The summed E-state index contributed by atoms with van der Waals surface area (Å²) in [5, 5.41) is 5.49. The molecule has 15 heavy (non-hydrogen) atoms. The number of hydrogen-bond acceptors (Lipinski definition) is 2. The van der Waals surface area contributed by atoms with E-state index in [2.05, 4.69) is 26.6 Å². The summed E-state index contributed by atoms with van der Waals surface area (Å²) >= 11 is 7.97. The molecule has 2 heterocycles. The zero-order chi connectivity index (χ0) is 11.2. The average molecular weight is 659 g/mol. The number of halogens is 2. The first kappa shape index (κ1) is 17.6. The van der Waals surface area contributed by atoms with E-state index in [1.807, 2.05) is 0 Å². The maximum atomic E-state index is 5.09. The third-order valence-corrected chi connectivity index (χ3v) is 5.76. The Balaban J connectivity index is 0.000000210. The minimum atomic E-state index is 0.208. The standard InChI is InChI=1S/2C4H9OSe.2BrH.Pt/c2*1-3-6-4-2-5-1;;;/h2*6H,1-4H2;2*1H;/q;;;;+2/p-2. The van der Waals surface area contributed by atoms with Crippen molar-refractivity contribution in [1.29, 1.82) is 0 Å². The summed E-state index contributed by atoms with van der Waals surface area (Å²) in [6, 6.07) is 0. The van der Waals surface area contributed by atoms with Crippen molar-refractivity contribution in [2.45, 2.75) is 21.3 Å². The summed E-state index contributed by atoms with van der Waals surface area (Å²) in [5.74, 6) is 0. The van der Waals surface area contributed by atoms with Gasteiger partial charge in [0.1, 0.15) is 0 Å². The molecule has 0 spiro atoms. The van der Waals surface area contributed by atoms with Crippen molar-refractivity contribution in [3.05, 3.63) is 0 Å². The maximum absolute atomic E-state index is 5.09. The van der Waals surface area contributed by atoms with Crippen LogP contribution in [0.15, 0.2) is 0 Å². The van der Waals surface area contributed by atoms with E-state index in [4.69, 9.17) is 9.47 Å². The molecule has 2 aliphatic heterocycles. The van der Waals surface area contributed by atoms with Crippen molar-refractivity contribution in [2.75, 3.05) is 26.4 Å². The van der Waals surface area contributed by atoms with Gasteiger partial charge in [-0.25, -0.2) is 0 Å². The average Bonchev–Trinajstić information content (AvgIpc) is 2.35. The first-order valence-electron chi connectivity index (χ1n) is 4.66. The molecule has 0 saturated carbocycles. The molecule has 0 aromatic carbocycles. The first-order valence-corrected chi connectivity index (χ1v) is 19.9. The predicted molar refractivity (Wildman–Crippen MR) is 73.0 cm³/mol. The Morgan fingerprint density at radius 2 is 1.00 bits per heavy atom. The van der Waals surface area contributed by atoms with Crippen molar-refractivity contribution >= 4 is 56.5 Å². The van der Waals surface area contributed by atoms with Crippen LogP contribution >= 0.6 is 26.6 Å². The number of rotatable bonds is 0. The van der Waals surface area contributed by atoms with E-state index in [-0.39, 0.29) is 14.5 Å². The van der Waals surface area contributed by atoms with Crippen LogP contribution in [0, 0.1) is 0 Å². The van der Waals surface area contributed by atoms with Crippen LogP contribution in [0.4, 0.5) is 0 Å². The molecule has 2 radical (unpaired) electrons. The third-order valence-electron chi connectivity index (χ3n) is 1.57. The van der Waals surface area contributed by atoms with Crippen LogP contribution in [0.2, 0.25) is 21.3 Å². The van der Waals surface area contributed by atoms with Crippen LogP contribution in [-0.2, 0) is 23.9 Å². The van der Waals surface area contributed by atoms with Crippen LogP contribution in [0.25, 0.3) is 0 Å². The van der Waals surface area contributed by atoms with E-state index in [0.717, 1.165) is 26.4 Å². The van der Waals surface area contributed by atoms with Gasteiger partial charge in [-0.15, -0.1) is 0 Å². The Kier molecular flexibility index (Phi) is 19.5. The topological polar surface area (TPSA) is 18.5 Å². The van der Waals surface area contributed by atoms with Gasteiger partial charge in [0.25, 0.3) is 0 Å². The van der Waals surface area contributed by atoms with Gasteiger partial charge in [0.15, 0.2) is 0 Å². The van der Waals surface area contributed by atoms with Gasteiger partial charge in [0.2, 0.25) is 0 Å². The van der Waals surface area contributed by atoms with Gasteiger partial charge in [0.05, 0.1) is 0 Å². The summed E-state index contributed by atoms with van der Waals surface area (Å²) < 4.78 is 10.2. The molecular formula is C8H18Br2O2PtSe2. The molecule has 2 fully saturated rings. The predicted octanol–water partition coefficient (Wildman–Crippen LogP) is 2.27. The van der Waals surface area contributed by atoms with Crippen molar-refractivity contribution in [3.63, 3.8) is 0 Å². The van der Waals surface area contributed by atoms with Crippen molar-refractivity contribution in [3.8, 4) is 0 Å². The normalized spacial score (nSPS) is 20.7. The van der Waals surface area contributed by atoms with E-state index in [1.54, 1.807) is 0 Å². The zero-order valence-corrected chi connectivity index (χ0v) is 17.6. The molecule has 2 nitrogen and oxygen atoms in total. The summed E-state index contributed by atoms with van der Waals surface area (Å²) in [6.45, 7) is 4.17. The Labute approximate surface area is 127 Å². The van der Waals surface area contributed by atoms with Gasteiger partial charge in [-0.3, -0.25) is 0 Å². The third kappa shape index (κ3) is 16.6. The Morgan fingerprint density at radius 3 is 1.07 bits per heavy atom. The summed E-state index contributed by atoms with van der Waals surface area (Å²) in [7, 11) is 0. The molecule has 0 aromatic heterocycles. The van der Waals surface area contributed by atoms with Crippen LogP contribution in [-0.4, -0.2) is 56.3 Å². The van der Waals surface area contributed by atoms with E-state index >= 15 is 0 Å². The quantitative estimate of drug-likeness (QED) is 0.372. The van der Waals surface area contributed by atoms with Crippen molar-refractivity contribution in [1.82, 2.24) is 0 Å². The van der Waals surface area contributed by atoms with Crippen molar-refractivity contribution in [2.24, 2.45) is 0 Å². The van der Waals surface area contributed by atoms with Gasteiger partial charge < -0.3 is 0 Å². The SMILES string of the molecule is C1C[SeH]CCO1.C1C[SeH]CCO1.[Br][Pt][Br]. The molecule has 2 saturated heterocycles. The fourth-order valence-corrected chi connectivity index (χ4v) is 4.05. The minimum absolute atomic E-state index is 0.208. The Hall–Kier alpha value is 2.61. The first-order chi connectivity index (χ1) is 7.41. The fraction of sp³-hybridized carbons (Fsp3) is 1.00. The van der Waals surface area contributed by atoms with Gasteiger partial charge >= 0.3 is 128 Å². The molecular weight excluding hydrogens is 641 g/mol. The molecule has 0 N–H and O–H groups in total. The summed E-state index contributed by atoms with van der Waals surface area (Å²) in [6.07, 6.45) is 0.